The quantitative estimate of drug-likeness (QED) is 0.627. The number of nitrogen functional groups attached to an aromatic ring is 1. The molecule has 0 spiro atoms. The van der Waals surface area contributed by atoms with Crippen LogP contribution >= 0.6 is 0 Å². The topological polar surface area (TPSA) is 95.0 Å². The number of carbonyl (C=O) groups is 2. The molecule has 6 heteroatoms. The van der Waals surface area contributed by atoms with E-state index in [1.54, 1.807) is 0 Å². The molecule has 1 unspecified atom stereocenters. The molecule has 1 atom stereocenters. The van der Waals surface area contributed by atoms with Crippen molar-refractivity contribution in [2.75, 3.05) is 5.73 Å². The van der Waals surface area contributed by atoms with Crippen molar-refractivity contribution in [2.45, 2.75) is 32.2 Å². The van der Waals surface area contributed by atoms with Gasteiger partial charge >= 0.3 is 0 Å². The van der Waals surface area contributed by atoms with Gasteiger partial charge in [0.15, 0.2) is 5.78 Å². The van der Waals surface area contributed by atoms with Gasteiger partial charge in [0.2, 0.25) is 0 Å². The largest absolute Gasteiger partial charge is 0.398 e. The molecule has 1 aliphatic carbocycles. The summed E-state index contributed by atoms with van der Waals surface area (Å²) in [5.74, 6) is -1.36. The van der Waals surface area contributed by atoms with Crippen LogP contribution in [0.15, 0.2) is 23.0 Å². The van der Waals surface area contributed by atoms with E-state index < -0.39 is 49.3 Å². The first-order chi connectivity index (χ1) is 11.7. The number of nitrogens with zero attached hydrogens (tertiary/aromatic N) is 2. The average molecular weight is 289 g/mol. The number of hydrogen-bond donors (Lipinski definition) is 1. The van der Waals surface area contributed by atoms with E-state index in [9.17, 15) is 14.4 Å². The van der Waals surface area contributed by atoms with Crippen molar-refractivity contribution in [1.82, 2.24) is 9.55 Å². The highest BCUT2D eigenvalue weighted by Gasteiger charge is 2.30. The molecule has 1 heterocycles. The molecule has 21 heavy (non-hydrogen) atoms. The Morgan fingerprint density at radius 3 is 3.05 bits per heavy atom. The molecule has 0 aliphatic heterocycles. The van der Waals surface area contributed by atoms with E-state index in [0.29, 0.717) is 0 Å². The Bertz CT molecular complexity index is 971. The van der Waals surface area contributed by atoms with E-state index in [2.05, 4.69) is 4.98 Å². The summed E-state index contributed by atoms with van der Waals surface area (Å²) in [5, 5.41) is -0.0924. The third kappa shape index (κ3) is 2.12. The molecule has 1 saturated carbocycles. The standard InChI is InChI=1S/C15H15N3O3/c1-8-17-11-4-2-3-10(16)14(11)15(21)18(8)12-6-5-9(19)7-13(12)20/h2-4,12H,5-7,16H2,1H3/i1D,3D,6D2. The first-order valence-electron chi connectivity index (χ1n) is 8.52. The van der Waals surface area contributed by atoms with Crippen LogP contribution in [0, 0.1) is 6.90 Å². The van der Waals surface area contributed by atoms with Crippen LogP contribution in [0.4, 0.5) is 5.69 Å². The van der Waals surface area contributed by atoms with E-state index in [1.165, 1.54) is 12.1 Å². The highest BCUT2D eigenvalue weighted by atomic mass is 16.2. The maximum atomic E-state index is 13.0. The maximum absolute atomic E-state index is 13.0. The lowest BCUT2D eigenvalue weighted by Gasteiger charge is -2.24. The van der Waals surface area contributed by atoms with Crippen LogP contribution in [0.25, 0.3) is 10.9 Å². The molecule has 2 aromatic rings. The molecule has 3 rings (SSSR count). The highest BCUT2D eigenvalue weighted by Crippen LogP contribution is 2.24. The average Bonchev–Trinajstić information content (AvgIpc) is 2.50. The summed E-state index contributed by atoms with van der Waals surface area (Å²) < 4.78 is 32.3. The third-order valence-electron chi connectivity index (χ3n) is 3.39. The fraction of sp³-hybridized carbons (Fsp3) is 0.333. The lowest BCUT2D eigenvalue weighted by molar-refractivity contribution is -0.132. The van der Waals surface area contributed by atoms with Gasteiger partial charge in [-0.15, -0.1) is 0 Å². The summed E-state index contributed by atoms with van der Waals surface area (Å²) in [4.78, 5) is 41.0. The fourth-order valence-electron chi connectivity index (χ4n) is 2.43. The Hall–Kier alpha value is -2.50. The molecule has 2 N–H and O–H groups in total. The van der Waals surface area contributed by atoms with Crippen molar-refractivity contribution in [1.29, 1.82) is 0 Å². The Labute approximate surface area is 126 Å². The maximum Gasteiger partial charge on any atom is 0.264 e. The molecular weight excluding hydrogens is 270 g/mol. The Morgan fingerprint density at radius 2 is 2.33 bits per heavy atom. The zero-order chi connectivity index (χ0) is 18.5. The zero-order valence-electron chi connectivity index (χ0n) is 15.0. The SMILES string of the molecule is [2H]Cc1nc2ccc([2H])c(N)c2c(=O)n1C1C(=O)CC(=O)CC1([2H])[2H]. The minimum absolute atomic E-state index is 0.0915. The Kier molecular flexibility index (Phi) is 2.16. The number of aromatic nitrogens is 2. The highest BCUT2D eigenvalue weighted by molar-refractivity contribution is 6.03. The number of Topliss-reactive ketones (excluding diaryl/α,β-unsaturated/α-hetero) is 2. The number of carbonyl (C=O) groups excluding carboxylic acids is 2. The first-order valence-corrected chi connectivity index (χ1v) is 6.31. The van der Waals surface area contributed by atoms with E-state index >= 15 is 0 Å². The molecule has 0 radical (unpaired) electrons. The Balaban J connectivity index is 2.37. The van der Waals surface area contributed by atoms with E-state index in [-0.39, 0.29) is 28.5 Å². The molecule has 1 aliphatic rings. The summed E-state index contributed by atoms with van der Waals surface area (Å²) >= 11 is 0. The molecule has 1 aromatic heterocycles. The summed E-state index contributed by atoms with van der Waals surface area (Å²) in [5.41, 5.74) is 5.08. The number of hydrogen-bond acceptors (Lipinski definition) is 5. The van der Waals surface area contributed by atoms with Crippen LogP contribution in [0.5, 0.6) is 0 Å². The lowest BCUT2D eigenvalue weighted by Crippen LogP contribution is -2.36. The smallest absolute Gasteiger partial charge is 0.264 e. The number of benzene rings is 1. The third-order valence-corrected chi connectivity index (χ3v) is 3.39. The minimum atomic E-state index is -2.27. The van der Waals surface area contributed by atoms with Crippen LogP contribution in [0.2, 0.25) is 0 Å². The van der Waals surface area contributed by atoms with Gasteiger partial charge in [-0.1, -0.05) is 6.07 Å². The molecule has 0 bridgehead atoms. The van der Waals surface area contributed by atoms with Crippen LogP contribution < -0.4 is 11.3 Å². The molecule has 6 nitrogen and oxygen atoms in total. The van der Waals surface area contributed by atoms with Gasteiger partial charge < -0.3 is 5.73 Å². The second-order valence-electron chi connectivity index (χ2n) is 4.82. The van der Waals surface area contributed by atoms with Crippen molar-refractivity contribution >= 4 is 28.2 Å². The van der Waals surface area contributed by atoms with E-state index in [1.807, 2.05) is 0 Å². The van der Waals surface area contributed by atoms with E-state index in [0.717, 1.165) is 4.57 Å². The predicted octanol–water partition coefficient (Wildman–Crippen LogP) is 1.15. The van der Waals surface area contributed by atoms with Crippen molar-refractivity contribution in [3.8, 4) is 0 Å². The summed E-state index contributed by atoms with van der Waals surface area (Å²) in [7, 11) is 0. The molecule has 1 aromatic carbocycles. The number of nitrogens with two attached hydrogens (primary N) is 1. The first kappa shape index (κ1) is 9.44. The van der Waals surface area contributed by atoms with Gasteiger partial charge in [-0.3, -0.25) is 19.0 Å². The Morgan fingerprint density at radius 1 is 1.52 bits per heavy atom. The molecule has 0 saturated heterocycles. The van der Waals surface area contributed by atoms with Crippen LogP contribution in [0.1, 0.15) is 36.6 Å². The van der Waals surface area contributed by atoms with Gasteiger partial charge in [-0.25, -0.2) is 4.98 Å². The van der Waals surface area contributed by atoms with Crippen LogP contribution in [-0.4, -0.2) is 21.1 Å². The van der Waals surface area contributed by atoms with Gasteiger partial charge in [0, 0.05) is 16.2 Å². The lowest BCUT2D eigenvalue weighted by atomic mass is 9.92. The summed E-state index contributed by atoms with van der Waals surface area (Å²) in [6, 6.07) is 1.14. The summed E-state index contributed by atoms with van der Waals surface area (Å²) in [6.07, 6.45) is -3.25. The second-order valence-corrected chi connectivity index (χ2v) is 4.82. The molecule has 108 valence electrons. The van der Waals surface area contributed by atoms with Crippen molar-refractivity contribution < 1.29 is 15.1 Å². The molecular formula is C15H15N3O3. The number of aryl methyl sites for hydroxylation is 1. The van der Waals surface area contributed by atoms with Crippen molar-refractivity contribution in [2.24, 2.45) is 0 Å². The van der Waals surface area contributed by atoms with Gasteiger partial charge in [-0.2, -0.15) is 0 Å². The van der Waals surface area contributed by atoms with Gasteiger partial charge in [-0.05, 0) is 25.4 Å². The van der Waals surface area contributed by atoms with Crippen LogP contribution in [-0.2, 0) is 9.59 Å². The molecule has 1 fully saturated rings. The summed E-state index contributed by atoms with van der Waals surface area (Å²) in [6.45, 7) is -0.457. The number of anilines is 1. The van der Waals surface area contributed by atoms with Gasteiger partial charge in [0.1, 0.15) is 11.6 Å². The number of fused-ring (bicyclic) bond motifs is 1. The second kappa shape index (κ2) is 4.80. The van der Waals surface area contributed by atoms with Crippen molar-refractivity contribution in [3.63, 3.8) is 0 Å². The van der Waals surface area contributed by atoms with Crippen molar-refractivity contribution in [3.05, 3.63) is 34.4 Å². The molecule has 0 amide bonds. The van der Waals surface area contributed by atoms with E-state index in [4.69, 9.17) is 11.2 Å². The number of rotatable bonds is 1. The van der Waals surface area contributed by atoms with Crippen LogP contribution in [0.3, 0.4) is 0 Å². The minimum Gasteiger partial charge on any atom is -0.398 e. The monoisotopic (exact) mass is 289 g/mol. The zero-order valence-corrected chi connectivity index (χ0v) is 11.0. The number of ketones is 2. The van der Waals surface area contributed by atoms with Gasteiger partial charge in [0.05, 0.1) is 24.7 Å². The normalized spacial score (nSPS) is 24.3. The predicted molar refractivity (Wildman–Crippen MR) is 78.1 cm³/mol. The fourth-order valence-corrected chi connectivity index (χ4v) is 2.43. The van der Waals surface area contributed by atoms with Gasteiger partial charge in [0.25, 0.3) is 5.56 Å².